The standard InChI is InChI=1S/C5H6O.In/c1-2-3-4-5-6;/h1-6H;. The topological polar surface area (TPSA) is 20.2 Å². The summed E-state index contributed by atoms with van der Waals surface area (Å²) in [7, 11) is 0. The van der Waals surface area contributed by atoms with E-state index in [0.717, 1.165) is 0 Å². The van der Waals surface area contributed by atoms with Crippen LogP contribution in [0.4, 0.5) is 0 Å². The Morgan fingerprint density at radius 2 is 2.29 bits per heavy atom. The second kappa shape index (κ2) is 2.58. The van der Waals surface area contributed by atoms with Crippen molar-refractivity contribution >= 4 is 22.9 Å². The molecule has 0 saturated heterocycles. The number of aliphatic hydroxyl groups excluding tert-OH is 1. The first kappa shape index (κ1) is 5.45. The van der Waals surface area contributed by atoms with Gasteiger partial charge in [-0.1, -0.05) is 0 Å². The molecule has 7 heavy (non-hydrogen) atoms. The summed E-state index contributed by atoms with van der Waals surface area (Å²) in [6.07, 6.45) is 5.79. The van der Waals surface area contributed by atoms with Crippen molar-refractivity contribution in [1.82, 2.24) is 0 Å². The molecule has 0 spiro atoms. The van der Waals surface area contributed by atoms with Crippen LogP contribution in [0.25, 0.3) is 0 Å². The third-order valence-corrected chi connectivity index (χ3v) is 3.87. The van der Waals surface area contributed by atoms with Crippen LogP contribution in [0.15, 0.2) is 22.1 Å². The van der Waals surface area contributed by atoms with Crippen molar-refractivity contribution in [3.05, 3.63) is 22.1 Å². The molecule has 0 amide bonds. The van der Waals surface area contributed by atoms with Crippen molar-refractivity contribution in [2.24, 2.45) is 0 Å². The molecule has 1 radical (unpaired) electrons. The fraction of sp³-hybridized carbons (Fsp3) is 0.200. The molecule has 2 heteroatoms. The summed E-state index contributed by atoms with van der Waals surface area (Å²) in [5.74, 6) is 0. The molecule has 0 bridgehead atoms. The summed E-state index contributed by atoms with van der Waals surface area (Å²) in [5, 5.41) is 8.86. The van der Waals surface area contributed by atoms with Gasteiger partial charge in [0, 0.05) is 0 Å². The van der Waals surface area contributed by atoms with Gasteiger partial charge >= 0.3 is 53.9 Å². The molecule has 0 aromatic rings. The summed E-state index contributed by atoms with van der Waals surface area (Å²) in [5.41, 5.74) is 0. The predicted molar refractivity (Wildman–Crippen MR) is 30.0 cm³/mol. The van der Waals surface area contributed by atoms with Crippen molar-refractivity contribution in [1.29, 1.82) is 0 Å². The number of rotatable bonds is 0. The summed E-state index contributed by atoms with van der Waals surface area (Å²) in [6, 6.07) is 0. The van der Waals surface area contributed by atoms with Gasteiger partial charge in [0.2, 0.25) is 0 Å². The predicted octanol–water partition coefficient (Wildman–Crippen LogP) is 0.0925. The van der Waals surface area contributed by atoms with Gasteiger partial charge in [0.25, 0.3) is 0 Å². The second-order valence-corrected chi connectivity index (χ2v) is 5.60. The van der Waals surface area contributed by atoms with Crippen molar-refractivity contribution in [2.75, 3.05) is 0 Å². The van der Waals surface area contributed by atoms with E-state index < -0.39 is 22.9 Å². The molecule has 0 fully saturated rings. The Kier molecular flexibility index (Phi) is 2.00. The molecular weight excluding hydrogens is 191 g/mol. The van der Waals surface area contributed by atoms with E-state index in [2.05, 4.69) is 3.83 Å². The molecule has 1 unspecified atom stereocenters. The Bertz CT molecular complexity index is 107. The molecule has 35 valence electrons. The average molecular weight is 197 g/mol. The van der Waals surface area contributed by atoms with Crippen LogP contribution >= 0.6 is 0 Å². The van der Waals surface area contributed by atoms with Gasteiger partial charge in [0.1, 0.15) is 0 Å². The maximum atomic E-state index is 8.86. The molecule has 1 nitrogen and oxygen atoms in total. The van der Waals surface area contributed by atoms with Crippen molar-refractivity contribution in [2.45, 2.75) is 3.86 Å². The zero-order chi connectivity index (χ0) is 5.11. The van der Waals surface area contributed by atoms with Crippen molar-refractivity contribution in [3.63, 3.8) is 0 Å². The van der Waals surface area contributed by atoms with E-state index >= 15 is 0 Å². The minimum atomic E-state index is -0.667. The van der Waals surface area contributed by atoms with Crippen LogP contribution in [0.3, 0.4) is 0 Å². The Morgan fingerprint density at radius 3 is 2.57 bits per heavy atom. The molecule has 1 heterocycles. The monoisotopic (exact) mass is 197 g/mol. The van der Waals surface area contributed by atoms with Crippen LogP contribution < -0.4 is 0 Å². The SMILES string of the molecule is O[CH]1C=CC=[CH][In]1. The normalized spacial score (nSPS) is 27.3. The van der Waals surface area contributed by atoms with Gasteiger partial charge in [0.15, 0.2) is 0 Å². The molecule has 0 aromatic carbocycles. The molecule has 1 aliphatic heterocycles. The Labute approximate surface area is 54.1 Å². The van der Waals surface area contributed by atoms with Crippen LogP contribution in [0, 0.1) is 0 Å². The summed E-state index contributed by atoms with van der Waals surface area (Å²) < 4.78 is 2.10. The molecule has 0 aromatic heterocycles. The average Bonchev–Trinajstić information content (AvgIpc) is 1.69. The van der Waals surface area contributed by atoms with Gasteiger partial charge in [-0.3, -0.25) is 0 Å². The zero-order valence-corrected chi connectivity index (χ0v) is 7.21. The maximum absolute atomic E-state index is 8.86. The van der Waals surface area contributed by atoms with E-state index in [1.54, 1.807) is 0 Å². The summed E-state index contributed by atoms with van der Waals surface area (Å²) >= 11 is -0.667. The molecule has 1 N–H and O–H groups in total. The number of allylic oxidation sites excluding steroid dienone is 2. The summed E-state index contributed by atoms with van der Waals surface area (Å²) in [4.78, 5) is 0. The van der Waals surface area contributed by atoms with Crippen molar-refractivity contribution < 1.29 is 5.11 Å². The van der Waals surface area contributed by atoms with Gasteiger partial charge in [-0.2, -0.15) is 0 Å². The van der Waals surface area contributed by atoms with E-state index in [0.29, 0.717) is 0 Å². The second-order valence-electron chi connectivity index (χ2n) is 1.45. The Morgan fingerprint density at radius 1 is 1.43 bits per heavy atom. The van der Waals surface area contributed by atoms with Crippen LogP contribution in [-0.4, -0.2) is 31.9 Å². The van der Waals surface area contributed by atoms with E-state index in [9.17, 15) is 0 Å². The van der Waals surface area contributed by atoms with Gasteiger partial charge < -0.3 is 0 Å². The van der Waals surface area contributed by atoms with Crippen LogP contribution in [0.5, 0.6) is 0 Å². The summed E-state index contributed by atoms with van der Waals surface area (Å²) in [6.45, 7) is 0. The first-order valence-corrected chi connectivity index (χ1v) is 6.06. The minimum absolute atomic E-state index is 0.0415. The van der Waals surface area contributed by atoms with Gasteiger partial charge in [-0.25, -0.2) is 0 Å². The van der Waals surface area contributed by atoms with Gasteiger partial charge in [-0.15, -0.1) is 0 Å². The van der Waals surface area contributed by atoms with E-state index in [-0.39, 0.29) is 3.86 Å². The van der Waals surface area contributed by atoms with E-state index in [1.807, 2.05) is 18.2 Å². The van der Waals surface area contributed by atoms with E-state index in [1.165, 1.54) is 0 Å². The number of hydrogen-bond acceptors (Lipinski definition) is 1. The molecular formula is C5H6InO. The zero-order valence-electron chi connectivity index (χ0n) is 3.91. The fourth-order valence-electron chi connectivity index (χ4n) is 0.484. The third-order valence-electron chi connectivity index (χ3n) is 0.839. The van der Waals surface area contributed by atoms with Gasteiger partial charge in [0.05, 0.1) is 0 Å². The molecule has 1 aliphatic rings. The Balaban J connectivity index is 2.49. The van der Waals surface area contributed by atoms with E-state index in [4.69, 9.17) is 5.11 Å². The fourth-order valence-corrected chi connectivity index (χ4v) is 2.60. The number of aliphatic hydroxyl groups is 1. The quantitative estimate of drug-likeness (QED) is 0.583. The van der Waals surface area contributed by atoms with Crippen LogP contribution in [-0.2, 0) is 0 Å². The molecule has 1 atom stereocenters. The Hall–Kier alpha value is 0.310. The van der Waals surface area contributed by atoms with Gasteiger partial charge in [-0.05, 0) is 0 Å². The number of hydrogen-bond donors (Lipinski definition) is 1. The first-order chi connectivity index (χ1) is 3.39. The van der Waals surface area contributed by atoms with Crippen LogP contribution in [0.1, 0.15) is 0 Å². The molecule has 0 saturated carbocycles. The molecule has 0 aliphatic carbocycles. The van der Waals surface area contributed by atoms with Crippen LogP contribution in [0.2, 0.25) is 0 Å². The molecule has 1 rings (SSSR count). The third kappa shape index (κ3) is 1.70. The first-order valence-electron chi connectivity index (χ1n) is 2.26. The van der Waals surface area contributed by atoms with Crippen molar-refractivity contribution in [3.8, 4) is 0 Å².